The summed E-state index contributed by atoms with van der Waals surface area (Å²) in [7, 11) is 0. The fraction of sp³-hybridized carbons (Fsp3) is 0.429. The second-order valence-electron chi connectivity index (χ2n) is 5.06. The Balaban J connectivity index is 1.81. The van der Waals surface area contributed by atoms with Gasteiger partial charge in [0.15, 0.2) is 5.82 Å². The summed E-state index contributed by atoms with van der Waals surface area (Å²) in [5.41, 5.74) is 6.29. The van der Waals surface area contributed by atoms with E-state index in [9.17, 15) is 4.39 Å². The third-order valence-corrected chi connectivity index (χ3v) is 6.91. The highest BCUT2D eigenvalue weighted by atomic mass is 32.2. The molecule has 1 aliphatic rings. The quantitative estimate of drug-likeness (QED) is 0.848. The van der Waals surface area contributed by atoms with Gasteiger partial charge in [-0.25, -0.2) is 4.39 Å². The largest absolute Gasteiger partial charge is 0.396 e. The molecule has 2 aromatic rings. The van der Waals surface area contributed by atoms with Crippen LogP contribution >= 0.6 is 23.5 Å². The molecule has 7 heteroatoms. The number of hydrogen-bond acceptors (Lipinski definition) is 6. The van der Waals surface area contributed by atoms with Gasteiger partial charge in [-0.2, -0.15) is 16.7 Å². The first-order valence-electron chi connectivity index (χ1n) is 6.70. The highest BCUT2D eigenvalue weighted by Crippen LogP contribution is 2.43. The fourth-order valence-corrected chi connectivity index (χ4v) is 4.91. The maximum Gasteiger partial charge on any atom is 0.258 e. The van der Waals surface area contributed by atoms with Crippen molar-refractivity contribution in [3.8, 4) is 11.5 Å². The standard InChI is InChI=1S/C14H16FN3OS2/c1-7-8(2)21-12(6-20-7)13-17-14(19-18-13)9-3-4-10(15)11(16)5-9/h3-5,7-8,12H,6,16H2,1-2H3. The Morgan fingerprint density at radius 3 is 2.86 bits per heavy atom. The van der Waals surface area contributed by atoms with Crippen molar-refractivity contribution in [1.29, 1.82) is 0 Å². The highest BCUT2D eigenvalue weighted by Gasteiger charge is 2.30. The van der Waals surface area contributed by atoms with E-state index in [4.69, 9.17) is 10.3 Å². The van der Waals surface area contributed by atoms with Gasteiger partial charge in [-0.3, -0.25) is 0 Å². The lowest BCUT2D eigenvalue weighted by Gasteiger charge is -2.29. The molecule has 1 aromatic heterocycles. The molecule has 0 aliphatic carbocycles. The van der Waals surface area contributed by atoms with Crippen molar-refractivity contribution in [2.75, 3.05) is 11.5 Å². The van der Waals surface area contributed by atoms with Gasteiger partial charge in [0.1, 0.15) is 5.82 Å². The van der Waals surface area contributed by atoms with Crippen LogP contribution in [0.3, 0.4) is 0 Å². The molecule has 1 fully saturated rings. The summed E-state index contributed by atoms with van der Waals surface area (Å²) in [4.78, 5) is 4.44. The molecule has 1 aromatic carbocycles. The zero-order valence-corrected chi connectivity index (χ0v) is 13.4. The Hall–Kier alpha value is -1.21. The van der Waals surface area contributed by atoms with Crippen LogP contribution in [0.2, 0.25) is 0 Å². The zero-order valence-electron chi connectivity index (χ0n) is 11.7. The summed E-state index contributed by atoms with van der Waals surface area (Å²) in [6, 6.07) is 4.42. The van der Waals surface area contributed by atoms with E-state index in [1.54, 1.807) is 6.07 Å². The van der Waals surface area contributed by atoms with E-state index < -0.39 is 5.82 Å². The monoisotopic (exact) mass is 325 g/mol. The van der Waals surface area contributed by atoms with Crippen molar-refractivity contribution >= 4 is 29.2 Å². The van der Waals surface area contributed by atoms with Crippen molar-refractivity contribution < 1.29 is 8.91 Å². The van der Waals surface area contributed by atoms with Crippen LogP contribution in [-0.2, 0) is 0 Å². The van der Waals surface area contributed by atoms with Crippen molar-refractivity contribution in [2.45, 2.75) is 29.6 Å². The van der Waals surface area contributed by atoms with Gasteiger partial charge < -0.3 is 10.3 Å². The second kappa shape index (κ2) is 5.88. The molecule has 1 saturated heterocycles. The molecule has 0 saturated carbocycles. The summed E-state index contributed by atoms with van der Waals surface area (Å²) in [6.07, 6.45) is 0. The van der Waals surface area contributed by atoms with Crippen LogP contribution in [-0.4, -0.2) is 26.4 Å². The summed E-state index contributed by atoms with van der Waals surface area (Å²) in [5.74, 6) is 1.61. The van der Waals surface area contributed by atoms with Gasteiger partial charge in [0.05, 0.1) is 10.9 Å². The predicted octanol–water partition coefficient (Wildman–Crippen LogP) is 3.76. The van der Waals surface area contributed by atoms with Crippen molar-refractivity contribution in [3.05, 3.63) is 29.8 Å². The minimum absolute atomic E-state index is 0.0808. The molecule has 112 valence electrons. The van der Waals surface area contributed by atoms with Crippen molar-refractivity contribution in [2.24, 2.45) is 0 Å². The fourth-order valence-electron chi connectivity index (χ4n) is 2.08. The Morgan fingerprint density at radius 2 is 2.14 bits per heavy atom. The van der Waals surface area contributed by atoms with Crippen LogP contribution in [0.4, 0.5) is 10.1 Å². The SMILES string of the molecule is CC1SCC(c2noc(-c3ccc(F)c(N)c3)n2)SC1C. The van der Waals surface area contributed by atoms with E-state index in [-0.39, 0.29) is 10.9 Å². The average Bonchev–Trinajstić information content (AvgIpc) is 2.94. The lowest BCUT2D eigenvalue weighted by atomic mass is 10.2. The second-order valence-corrected chi connectivity index (χ2v) is 8.06. The predicted molar refractivity (Wildman–Crippen MR) is 85.8 cm³/mol. The maximum absolute atomic E-state index is 13.2. The number of nitrogen functional groups attached to an aromatic ring is 1. The average molecular weight is 325 g/mol. The van der Waals surface area contributed by atoms with E-state index in [0.29, 0.717) is 27.8 Å². The summed E-state index contributed by atoms with van der Waals surface area (Å²) in [5, 5.41) is 5.49. The van der Waals surface area contributed by atoms with Gasteiger partial charge in [-0.15, -0.1) is 11.8 Å². The molecule has 2 heterocycles. The molecule has 0 amide bonds. The molecule has 3 atom stereocenters. The number of benzene rings is 1. The molecular formula is C14H16FN3OS2. The Morgan fingerprint density at radius 1 is 1.33 bits per heavy atom. The Labute approximate surface area is 131 Å². The number of anilines is 1. The lowest BCUT2D eigenvalue weighted by Crippen LogP contribution is -2.22. The third kappa shape index (κ3) is 3.03. The number of hydrogen-bond donors (Lipinski definition) is 1. The number of nitrogens with zero attached hydrogens (tertiary/aromatic N) is 2. The minimum Gasteiger partial charge on any atom is -0.396 e. The molecular weight excluding hydrogens is 309 g/mol. The van der Waals surface area contributed by atoms with Crippen LogP contribution in [0, 0.1) is 5.82 Å². The third-order valence-electron chi connectivity index (χ3n) is 3.52. The smallest absolute Gasteiger partial charge is 0.258 e. The van der Waals surface area contributed by atoms with Gasteiger partial charge in [0.25, 0.3) is 5.89 Å². The molecule has 0 spiro atoms. The molecule has 4 nitrogen and oxygen atoms in total. The number of thioether (sulfide) groups is 2. The van der Waals surface area contributed by atoms with E-state index in [1.165, 1.54) is 12.1 Å². The summed E-state index contributed by atoms with van der Waals surface area (Å²) >= 11 is 3.80. The van der Waals surface area contributed by atoms with Crippen LogP contribution in [0.1, 0.15) is 24.9 Å². The van der Waals surface area contributed by atoms with Gasteiger partial charge in [0.2, 0.25) is 0 Å². The first kappa shape index (κ1) is 14.7. The van der Waals surface area contributed by atoms with Crippen LogP contribution in [0.25, 0.3) is 11.5 Å². The Kier molecular flexibility index (Phi) is 4.12. The van der Waals surface area contributed by atoms with Gasteiger partial charge in [-0.05, 0) is 18.2 Å². The van der Waals surface area contributed by atoms with Gasteiger partial charge >= 0.3 is 0 Å². The van der Waals surface area contributed by atoms with Crippen molar-refractivity contribution in [1.82, 2.24) is 10.1 Å². The zero-order chi connectivity index (χ0) is 15.0. The van der Waals surface area contributed by atoms with Gasteiger partial charge in [-0.1, -0.05) is 19.0 Å². The molecule has 1 aliphatic heterocycles. The molecule has 0 radical (unpaired) electrons. The molecule has 2 N–H and O–H groups in total. The summed E-state index contributed by atoms with van der Waals surface area (Å²) in [6.45, 7) is 4.46. The number of nitrogens with two attached hydrogens (primary N) is 1. The van der Waals surface area contributed by atoms with Gasteiger partial charge in [0, 0.05) is 21.8 Å². The topological polar surface area (TPSA) is 64.9 Å². The highest BCUT2D eigenvalue weighted by molar-refractivity contribution is 8.07. The van der Waals surface area contributed by atoms with E-state index in [1.807, 2.05) is 23.5 Å². The number of aromatic nitrogens is 2. The van der Waals surface area contributed by atoms with E-state index >= 15 is 0 Å². The van der Waals surface area contributed by atoms with Crippen LogP contribution in [0.5, 0.6) is 0 Å². The molecule has 21 heavy (non-hydrogen) atoms. The first-order chi connectivity index (χ1) is 10.0. The molecule has 0 bridgehead atoms. The number of halogens is 1. The molecule has 3 unspecified atom stereocenters. The van der Waals surface area contributed by atoms with Crippen molar-refractivity contribution in [3.63, 3.8) is 0 Å². The van der Waals surface area contributed by atoms with E-state index in [2.05, 4.69) is 24.0 Å². The lowest BCUT2D eigenvalue weighted by molar-refractivity contribution is 0.423. The first-order valence-corrected chi connectivity index (χ1v) is 8.70. The minimum atomic E-state index is -0.444. The molecule has 3 rings (SSSR count). The summed E-state index contributed by atoms with van der Waals surface area (Å²) < 4.78 is 18.5. The van der Waals surface area contributed by atoms with E-state index in [0.717, 1.165) is 5.75 Å². The maximum atomic E-state index is 13.2. The Bertz CT molecular complexity index is 649. The van der Waals surface area contributed by atoms with Crippen LogP contribution < -0.4 is 5.73 Å². The normalized spacial score (nSPS) is 26.0. The van der Waals surface area contributed by atoms with Crippen LogP contribution in [0.15, 0.2) is 22.7 Å². The number of rotatable bonds is 2.